The third-order valence-corrected chi connectivity index (χ3v) is 4.24. The molecule has 1 saturated heterocycles. The first kappa shape index (κ1) is 14.9. The van der Waals surface area contributed by atoms with E-state index in [2.05, 4.69) is 10.3 Å². The molecule has 0 spiro atoms. The molecular weight excluding hydrogens is 298 g/mol. The van der Waals surface area contributed by atoms with E-state index in [1.165, 1.54) is 0 Å². The molecule has 1 N–H and O–H groups in total. The van der Waals surface area contributed by atoms with Crippen LogP contribution in [0.4, 0.5) is 11.4 Å². The Morgan fingerprint density at radius 3 is 2.55 bits per heavy atom. The third-order valence-electron chi connectivity index (χ3n) is 3.84. The first-order valence-corrected chi connectivity index (χ1v) is 7.80. The van der Waals surface area contributed by atoms with Crippen LogP contribution in [0.3, 0.4) is 0 Å². The summed E-state index contributed by atoms with van der Waals surface area (Å²) in [6, 6.07) is 9.43. The minimum absolute atomic E-state index is 0.0161. The number of hydrogen-bond acceptors (Lipinski definition) is 3. The van der Waals surface area contributed by atoms with E-state index in [0.717, 1.165) is 47.9 Å². The second kappa shape index (κ2) is 6.36. The van der Waals surface area contributed by atoms with Gasteiger partial charge in [0.25, 0.3) is 5.91 Å². The predicted molar refractivity (Wildman–Crippen MR) is 88.8 cm³/mol. The number of likely N-dealkylation sites (tertiary alicyclic amines) is 1. The summed E-state index contributed by atoms with van der Waals surface area (Å²) in [7, 11) is 0. The molecule has 4 nitrogen and oxygen atoms in total. The Morgan fingerprint density at radius 2 is 1.91 bits per heavy atom. The predicted octanol–water partition coefficient (Wildman–Crippen LogP) is 4.02. The zero-order chi connectivity index (χ0) is 15.5. The van der Waals surface area contributed by atoms with Crippen LogP contribution >= 0.6 is 11.6 Å². The van der Waals surface area contributed by atoms with Crippen LogP contribution in [0.1, 0.15) is 28.9 Å². The third kappa shape index (κ3) is 3.22. The molecule has 0 radical (unpaired) electrons. The van der Waals surface area contributed by atoms with Crippen LogP contribution in [0.2, 0.25) is 5.02 Å². The molecule has 1 fully saturated rings. The summed E-state index contributed by atoms with van der Waals surface area (Å²) >= 11 is 6.11. The number of hydrogen-bond donors (Lipinski definition) is 1. The van der Waals surface area contributed by atoms with E-state index in [0.29, 0.717) is 5.69 Å². The summed E-state index contributed by atoms with van der Waals surface area (Å²) in [5.74, 6) is 0.0161. The minimum atomic E-state index is 0.0161. The van der Waals surface area contributed by atoms with Gasteiger partial charge in [-0.3, -0.25) is 4.79 Å². The summed E-state index contributed by atoms with van der Waals surface area (Å²) in [5, 5.41) is 3.96. The number of aryl methyl sites for hydroxylation is 1. The summed E-state index contributed by atoms with van der Waals surface area (Å²) in [6.45, 7) is 3.64. The fourth-order valence-electron chi connectivity index (χ4n) is 2.51. The Labute approximate surface area is 135 Å². The summed E-state index contributed by atoms with van der Waals surface area (Å²) in [4.78, 5) is 18.4. The Morgan fingerprint density at radius 1 is 1.18 bits per heavy atom. The van der Waals surface area contributed by atoms with Crippen LogP contribution < -0.4 is 5.32 Å². The number of carbonyl (C=O) groups is 1. The highest BCUT2D eigenvalue weighted by Crippen LogP contribution is 2.23. The molecule has 1 aliphatic rings. The molecule has 3 rings (SSSR count). The van der Waals surface area contributed by atoms with Crippen molar-refractivity contribution in [3.63, 3.8) is 0 Å². The number of rotatable bonds is 3. The lowest BCUT2D eigenvalue weighted by molar-refractivity contribution is 0.0787. The van der Waals surface area contributed by atoms with Crippen molar-refractivity contribution in [2.45, 2.75) is 19.8 Å². The van der Waals surface area contributed by atoms with Crippen molar-refractivity contribution in [1.29, 1.82) is 0 Å². The van der Waals surface area contributed by atoms with Gasteiger partial charge >= 0.3 is 0 Å². The molecule has 1 amide bonds. The topological polar surface area (TPSA) is 45.2 Å². The smallest absolute Gasteiger partial charge is 0.272 e. The molecule has 0 atom stereocenters. The molecule has 2 heterocycles. The van der Waals surface area contributed by atoms with Gasteiger partial charge in [-0.1, -0.05) is 17.7 Å². The van der Waals surface area contributed by atoms with E-state index in [1.54, 1.807) is 12.3 Å². The highest BCUT2D eigenvalue weighted by atomic mass is 35.5. The maximum Gasteiger partial charge on any atom is 0.272 e. The zero-order valence-corrected chi connectivity index (χ0v) is 13.2. The largest absolute Gasteiger partial charge is 0.354 e. The van der Waals surface area contributed by atoms with E-state index in [-0.39, 0.29) is 5.91 Å². The maximum atomic E-state index is 12.2. The normalized spacial score (nSPS) is 14.2. The van der Waals surface area contributed by atoms with Gasteiger partial charge in [0.2, 0.25) is 0 Å². The number of benzene rings is 1. The zero-order valence-electron chi connectivity index (χ0n) is 12.5. The molecule has 0 saturated carbocycles. The molecular formula is C17H18ClN3O. The van der Waals surface area contributed by atoms with Crippen LogP contribution in [0.25, 0.3) is 0 Å². The van der Waals surface area contributed by atoms with Gasteiger partial charge in [0.1, 0.15) is 5.69 Å². The number of aromatic nitrogens is 1. The van der Waals surface area contributed by atoms with E-state index in [4.69, 9.17) is 11.6 Å². The van der Waals surface area contributed by atoms with Gasteiger partial charge in [0, 0.05) is 23.8 Å². The van der Waals surface area contributed by atoms with Crippen LogP contribution in [0.15, 0.2) is 36.5 Å². The number of nitrogens with one attached hydrogen (secondary N) is 1. The van der Waals surface area contributed by atoms with Crippen molar-refractivity contribution < 1.29 is 4.79 Å². The van der Waals surface area contributed by atoms with E-state index in [9.17, 15) is 4.79 Å². The van der Waals surface area contributed by atoms with Crippen molar-refractivity contribution in [1.82, 2.24) is 9.88 Å². The van der Waals surface area contributed by atoms with Gasteiger partial charge in [-0.25, -0.2) is 4.98 Å². The monoisotopic (exact) mass is 315 g/mol. The molecule has 114 valence electrons. The standard InChI is InChI=1S/C17H18ClN3O/c1-12-4-5-13(10-15(12)18)20-14-6-7-16(19-11-14)17(22)21-8-2-3-9-21/h4-7,10-11,20H,2-3,8-9H2,1H3. The van der Waals surface area contributed by atoms with Gasteiger partial charge in [-0.2, -0.15) is 0 Å². The van der Waals surface area contributed by atoms with Crippen molar-refractivity contribution in [3.05, 3.63) is 52.8 Å². The SMILES string of the molecule is Cc1ccc(Nc2ccc(C(=O)N3CCCC3)nc2)cc1Cl. The number of pyridine rings is 1. The molecule has 1 aliphatic heterocycles. The lowest BCUT2D eigenvalue weighted by Crippen LogP contribution is -2.28. The Hall–Kier alpha value is -2.07. The van der Waals surface area contributed by atoms with Crippen LogP contribution in [0, 0.1) is 6.92 Å². The lowest BCUT2D eigenvalue weighted by Gasteiger charge is -2.14. The van der Waals surface area contributed by atoms with Gasteiger partial charge < -0.3 is 10.2 Å². The first-order chi connectivity index (χ1) is 10.6. The number of carbonyl (C=O) groups excluding carboxylic acids is 1. The highest BCUT2D eigenvalue weighted by Gasteiger charge is 2.20. The Kier molecular flexibility index (Phi) is 4.29. The van der Waals surface area contributed by atoms with Crippen molar-refractivity contribution >= 4 is 28.9 Å². The van der Waals surface area contributed by atoms with E-state index < -0.39 is 0 Å². The second-order valence-electron chi connectivity index (χ2n) is 5.52. The molecule has 2 aromatic rings. The Balaban J connectivity index is 1.70. The lowest BCUT2D eigenvalue weighted by atomic mass is 10.2. The van der Waals surface area contributed by atoms with Crippen LogP contribution in [0.5, 0.6) is 0 Å². The number of anilines is 2. The quantitative estimate of drug-likeness (QED) is 0.930. The first-order valence-electron chi connectivity index (χ1n) is 7.42. The van der Waals surface area contributed by atoms with Gasteiger partial charge in [0.15, 0.2) is 0 Å². The van der Waals surface area contributed by atoms with Gasteiger partial charge in [0.05, 0.1) is 11.9 Å². The molecule has 0 aliphatic carbocycles. The fourth-order valence-corrected chi connectivity index (χ4v) is 2.69. The molecule has 5 heteroatoms. The Bertz CT molecular complexity index is 679. The van der Waals surface area contributed by atoms with Gasteiger partial charge in [-0.15, -0.1) is 0 Å². The average molecular weight is 316 g/mol. The minimum Gasteiger partial charge on any atom is -0.354 e. The van der Waals surface area contributed by atoms with E-state index >= 15 is 0 Å². The summed E-state index contributed by atoms with van der Waals surface area (Å²) in [6.07, 6.45) is 3.84. The van der Waals surface area contributed by atoms with Crippen molar-refractivity contribution in [2.24, 2.45) is 0 Å². The number of halogens is 1. The summed E-state index contributed by atoms with van der Waals surface area (Å²) in [5.41, 5.74) is 3.26. The van der Waals surface area contributed by atoms with Gasteiger partial charge in [-0.05, 0) is 49.6 Å². The average Bonchev–Trinajstić information content (AvgIpc) is 3.05. The molecule has 1 aromatic carbocycles. The van der Waals surface area contributed by atoms with Crippen LogP contribution in [-0.2, 0) is 0 Å². The van der Waals surface area contributed by atoms with Crippen molar-refractivity contribution in [2.75, 3.05) is 18.4 Å². The van der Waals surface area contributed by atoms with E-state index in [1.807, 2.05) is 36.1 Å². The van der Waals surface area contributed by atoms with Crippen molar-refractivity contribution in [3.8, 4) is 0 Å². The fraction of sp³-hybridized carbons (Fsp3) is 0.294. The second-order valence-corrected chi connectivity index (χ2v) is 5.93. The summed E-state index contributed by atoms with van der Waals surface area (Å²) < 4.78 is 0. The molecule has 22 heavy (non-hydrogen) atoms. The van der Waals surface area contributed by atoms with Crippen LogP contribution in [-0.4, -0.2) is 28.9 Å². The molecule has 0 unspecified atom stereocenters. The maximum absolute atomic E-state index is 12.2. The number of amides is 1. The molecule has 0 bridgehead atoms. The highest BCUT2D eigenvalue weighted by molar-refractivity contribution is 6.31. The number of nitrogens with zero attached hydrogens (tertiary/aromatic N) is 2. The molecule has 1 aromatic heterocycles.